The smallest absolute Gasteiger partial charge is 0.335 e. The molecule has 2 rings (SSSR count). The van der Waals surface area contributed by atoms with Crippen molar-refractivity contribution < 1.29 is 38.1 Å². The van der Waals surface area contributed by atoms with Crippen molar-refractivity contribution in [2.45, 2.75) is 0 Å². The molecular formula is C26H18O8. The van der Waals surface area contributed by atoms with Gasteiger partial charge < -0.3 is 18.9 Å². The zero-order valence-corrected chi connectivity index (χ0v) is 17.9. The Balaban J connectivity index is 2.49. The third-order valence-electron chi connectivity index (χ3n) is 3.65. The molecule has 0 fully saturated rings. The number of carbonyl (C=O) groups excluding carboxylic acids is 4. The molecule has 0 aromatic heterocycles. The van der Waals surface area contributed by atoms with Gasteiger partial charge in [0.25, 0.3) is 0 Å². The highest BCUT2D eigenvalue weighted by Gasteiger charge is 2.09. The molecule has 0 aliphatic carbocycles. The van der Waals surface area contributed by atoms with E-state index in [1.807, 2.05) is 0 Å². The standard InChI is InChI=1S/C26H18O8/c1-5-23(27)31-19-11-17(12-20(15-19)32-24(28)6-2)9-10-18-13-21(33-25(29)7-3)16-22(14-18)34-26(30)8-4/h5-8,11-16H,1-4H2. The van der Waals surface area contributed by atoms with E-state index in [2.05, 4.69) is 38.2 Å². The Kier molecular flexibility index (Phi) is 8.88. The molecule has 2 aromatic carbocycles. The van der Waals surface area contributed by atoms with Crippen LogP contribution in [0, 0.1) is 11.8 Å². The van der Waals surface area contributed by atoms with Crippen LogP contribution in [0.25, 0.3) is 0 Å². The Morgan fingerprint density at radius 2 is 0.735 bits per heavy atom. The summed E-state index contributed by atoms with van der Waals surface area (Å²) < 4.78 is 20.3. The van der Waals surface area contributed by atoms with Crippen LogP contribution in [0.2, 0.25) is 0 Å². The first-order valence-corrected chi connectivity index (χ1v) is 9.45. The summed E-state index contributed by atoms with van der Waals surface area (Å²) >= 11 is 0. The molecule has 0 N–H and O–H groups in total. The number of esters is 4. The van der Waals surface area contributed by atoms with Crippen LogP contribution in [0.1, 0.15) is 11.1 Å². The van der Waals surface area contributed by atoms with Crippen molar-refractivity contribution in [3.8, 4) is 34.8 Å². The quantitative estimate of drug-likeness (QED) is 0.256. The van der Waals surface area contributed by atoms with Gasteiger partial charge in [-0.15, -0.1) is 0 Å². The largest absolute Gasteiger partial charge is 0.423 e. The summed E-state index contributed by atoms with van der Waals surface area (Å²) in [5.74, 6) is 2.93. The lowest BCUT2D eigenvalue weighted by Crippen LogP contribution is -2.06. The lowest BCUT2D eigenvalue weighted by atomic mass is 10.1. The van der Waals surface area contributed by atoms with Crippen molar-refractivity contribution in [2.75, 3.05) is 0 Å². The van der Waals surface area contributed by atoms with Crippen LogP contribution in [-0.2, 0) is 19.2 Å². The van der Waals surface area contributed by atoms with Gasteiger partial charge in [0.2, 0.25) is 0 Å². The highest BCUT2D eigenvalue weighted by Crippen LogP contribution is 2.25. The lowest BCUT2D eigenvalue weighted by molar-refractivity contribution is -0.130. The van der Waals surface area contributed by atoms with Gasteiger partial charge in [-0.2, -0.15) is 0 Å². The van der Waals surface area contributed by atoms with Crippen molar-refractivity contribution in [1.82, 2.24) is 0 Å². The second-order valence-electron chi connectivity index (χ2n) is 6.14. The zero-order chi connectivity index (χ0) is 25.1. The maximum absolute atomic E-state index is 11.6. The van der Waals surface area contributed by atoms with Crippen LogP contribution in [0.4, 0.5) is 0 Å². The molecule has 0 heterocycles. The molecule has 0 aliphatic rings. The van der Waals surface area contributed by atoms with E-state index in [0.717, 1.165) is 24.3 Å². The molecule has 170 valence electrons. The Bertz CT molecular complexity index is 1080. The SMILES string of the molecule is C=CC(=O)Oc1cc(C#Cc2cc(OC(=O)C=C)cc(OC(=O)C=C)c2)cc(OC(=O)C=C)c1. The van der Waals surface area contributed by atoms with E-state index < -0.39 is 23.9 Å². The van der Waals surface area contributed by atoms with E-state index in [1.165, 1.54) is 36.4 Å². The molecule has 0 spiro atoms. The van der Waals surface area contributed by atoms with Gasteiger partial charge in [0.15, 0.2) is 0 Å². The summed E-state index contributed by atoms with van der Waals surface area (Å²) in [7, 11) is 0. The van der Waals surface area contributed by atoms with Crippen molar-refractivity contribution in [2.24, 2.45) is 0 Å². The fraction of sp³-hybridized carbons (Fsp3) is 0. The Morgan fingerprint density at radius 1 is 0.500 bits per heavy atom. The molecule has 8 nitrogen and oxygen atoms in total. The molecule has 0 radical (unpaired) electrons. The number of hydrogen-bond acceptors (Lipinski definition) is 8. The average molecular weight is 458 g/mol. The molecule has 8 heteroatoms. The second-order valence-corrected chi connectivity index (χ2v) is 6.14. The predicted molar refractivity (Wildman–Crippen MR) is 122 cm³/mol. The van der Waals surface area contributed by atoms with Gasteiger partial charge in [0.05, 0.1) is 0 Å². The van der Waals surface area contributed by atoms with E-state index in [9.17, 15) is 19.2 Å². The maximum atomic E-state index is 11.6. The number of hydrogen-bond donors (Lipinski definition) is 0. The van der Waals surface area contributed by atoms with Crippen molar-refractivity contribution in [3.05, 3.63) is 98.1 Å². The van der Waals surface area contributed by atoms with Crippen molar-refractivity contribution in [3.63, 3.8) is 0 Å². The van der Waals surface area contributed by atoms with Crippen molar-refractivity contribution >= 4 is 23.9 Å². The van der Waals surface area contributed by atoms with Crippen LogP contribution in [0.5, 0.6) is 23.0 Å². The maximum Gasteiger partial charge on any atom is 0.335 e. The molecule has 0 bridgehead atoms. The first-order valence-electron chi connectivity index (χ1n) is 9.45. The van der Waals surface area contributed by atoms with E-state index in [1.54, 1.807) is 0 Å². The van der Waals surface area contributed by atoms with Gasteiger partial charge in [-0.05, 0) is 24.3 Å². The van der Waals surface area contributed by atoms with Crippen LogP contribution in [0.3, 0.4) is 0 Å². The molecule has 0 atom stereocenters. The minimum atomic E-state index is -0.725. The molecule has 0 saturated heterocycles. The summed E-state index contributed by atoms with van der Waals surface area (Å²) in [6, 6.07) is 8.35. The number of ether oxygens (including phenoxy) is 4. The normalized spacial score (nSPS) is 9.29. The molecule has 2 aromatic rings. The van der Waals surface area contributed by atoms with Crippen LogP contribution < -0.4 is 18.9 Å². The fourth-order valence-electron chi connectivity index (χ4n) is 2.30. The molecule has 0 amide bonds. The number of carbonyl (C=O) groups is 4. The first-order chi connectivity index (χ1) is 16.3. The average Bonchev–Trinajstić information content (AvgIpc) is 2.82. The van der Waals surface area contributed by atoms with E-state index >= 15 is 0 Å². The Labute approximate surface area is 195 Å². The van der Waals surface area contributed by atoms with Gasteiger partial charge in [-0.25, -0.2) is 19.2 Å². The van der Waals surface area contributed by atoms with Gasteiger partial charge in [0.1, 0.15) is 23.0 Å². The number of benzene rings is 2. The van der Waals surface area contributed by atoms with Crippen LogP contribution >= 0.6 is 0 Å². The van der Waals surface area contributed by atoms with E-state index in [0.29, 0.717) is 11.1 Å². The highest BCUT2D eigenvalue weighted by atomic mass is 16.6. The first kappa shape index (κ1) is 25.1. The van der Waals surface area contributed by atoms with Gasteiger partial charge in [-0.3, -0.25) is 0 Å². The van der Waals surface area contributed by atoms with E-state index in [-0.39, 0.29) is 23.0 Å². The highest BCUT2D eigenvalue weighted by molar-refractivity contribution is 5.85. The minimum Gasteiger partial charge on any atom is -0.423 e. The fourth-order valence-corrected chi connectivity index (χ4v) is 2.30. The monoisotopic (exact) mass is 458 g/mol. The molecule has 0 aliphatic heterocycles. The number of rotatable bonds is 8. The third kappa shape index (κ3) is 7.83. The summed E-state index contributed by atoms with van der Waals surface area (Å²) in [4.78, 5) is 46.3. The minimum absolute atomic E-state index is 0.0535. The summed E-state index contributed by atoms with van der Waals surface area (Å²) in [5.41, 5.74) is 0.610. The molecule has 0 saturated carbocycles. The summed E-state index contributed by atoms with van der Waals surface area (Å²) in [6.07, 6.45) is 3.87. The van der Waals surface area contributed by atoms with Crippen molar-refractivity contribution in [1.29, 1.82) is 0 Å². The van der Waals surface area contributed by atoms with Gasteiger partial charge in [0, 0.05) is 47.6 Å². The molecule has 34 heavy (non-hydrogen) atoms. The van der Waals surface area contributed by atoms with Crippen LogP contribution in [0.15, 0.2) is 87.0 Å². The predicted octanol–water partition coefficient (Wildman–Crippen LogP) is 3.45. The zero-order valence-electron chi connectivity index (χ0n) is 17.9. The lowest BCUT2D eigenvalue weighted by Gasteiger charge is -2.07. The Morgan fingerprint density at radius 3 is 0.941 bits per heavy atom. The summed E-state index contributed by atoms with van der Waals surface area (Å²) in [6.45, 7) is 13.3. The third-order valence-corrected chi connectivity index (χ3v) is 3.65. The Hall–Kier alpha value is -5.16. The summed E-state index contributed by atoms with van der Waals surface area (Å²) in [5, 5.41) is 0. The van der Waals surface area contributed by atoms with Gasteiger partial charge >= 0.3 is 23.9 Å². The topological polar surface area (TPSA) is 105 Å². The molecule has 0 unspecified atom stereocenters. The van der Waals surface area contributed by atoms with Crippen LogP contribution in [-0.4, -0.2) is 23.9 Å². The van der Waals surface area contributed by atoms with E-state index in [4.69, 9.17) is 18.9 Å². The molecular weight excluding hydrogens is 440 g/mol. The second kappa shape index (κ2) is 12.0. The van der Waals surface area contributed by atoms with Gasteiger partial charge in [-0.1, -0.05) is 38.2 Å².